The molecule has 0 aliphatic carbocycles. The van der Waals surface area contributed by atoms with E-state index in [1.54, 1.807) is 6.08 Å². The van der Waals surface area contributed by atoms with Crippen LogP contribution in [0.25, 0.3) is 0 Å². The first-order chi connectivity index (χ1) is 13.2. The van der Waals surface area contributed by atoms with Crippen LogP contribution in [0.5, 0.6) is 0 Å². The lowest BCUT2D eigenvalue weighted by atomic mass is 10.3. The normalized spacial score (nSPS) is 14.1. The van der Waals surface area contributed by atoms with E-state index in [2.05, 4.69) is 31.3 Å². The molecule has 0 radical (unpaired) electrons. The van der Waals surface area contributed by atoms with Crippen LogP contribution in [0.15, 0.2) is 25.0 Å². The summed E-state index contributed by atoms with van der Waals surface area (Å²) in [5.41, 5.74) is 1.22. The first-order valence-corrected chi connectivity index (χ1v) is 8.30. The summed E-state index contributed by atoms with van der Waals surface area (Å²) in [6, 6.07) is 0. The molecule has 28 heavy (non-hydrogen) atoms. The number of aromatic nitrogens is 5. The van der Waals surface area contributed by atoms with E-state index in [1.165, 1.54) is 5.56 Å². The fraction of sp³-hybridized carbons (Fsp3) is 0.500. The van der Waals surface area contributed by atoms with E-state index in [0.717, 1.165) is 37.8 Å². The first kappa shape index (κ1) is 21.6. The van der Waals surface area contributed by atoms with Crippen molar-refractivity contribution in [3.8, 4) is 0 Å². The van der Waals surface area contributed by atoms with Crippen LogP contribution in [0.3, 0.4) is 0 Å². The van der Waals surface area contributed by atoms with Gasteiger partial charge < -0.3 is 14.4 Å². The first-order valence-electron chi connectivity index (χ1n) is 8.30. The lowest BCUT2D eigenvalue weighted by Crippen LogP contribution is -2.34. The maximum Gasteiger partial charge on any atom is 0.490 e. The Morgan fingerprint density at radius 1 is 1.39 bits per heavy atom. The van der Waals surface area contributed by atoms with Gasteiger partial charge in [-0.1, -0.05) is 6.08 Å². The van der Waals surface area contributed by atoms with Gasteiger partial charge in [-0.25, -0.2) is 4.79 Å². The number of carboxylic acids is 1. The van der Waals surface area contributed by atoms with Gasteiger partial charge in [0, 0.05) is 38.4 Å². The van der Waals surface area contributed by atoms with Crippen LogP contribution in [0, 0.1) is 0 Å². The lowest BCUT2D eigenvalue weighted by molar-refractivity contribution is -0.192. The largest absolute Gasteiger partial charge is 0.490 e. The maximum atomic E-state index is 10.6. The number of carboxylic acid groups (broad SMARTS) is 1. The Morgan fingerprint density at radius 2 is 2.11 bits per heavy atom. The van der Waals surface area contributed by atoms with Gasteiger partial charge in [0.1, 0.15) is 12.4 Å². The van der Waals surface area contributed by atoms with Gasteiger partial charge >= 0.3 is 12.1 Å². The number of halogens is 3. The zero-order valence-corrected chi connectivity index (χ0v) is 15.3. The molecule has 0 atom stereocenters. The van der Waals surface area contributed by atoms with E-state index in [1.807, 2.05) is 24.1 Å². The lowest BCUT2D eigenvalue weighted by Gasteiger charge is -2.27. The number of alkyl halides is 3. The Morgan fingerprint density at radius 3 is 2.68 bits per heavy atom. The van der Waals surface area contributed by atoms with Gasteiger partial charge in [-0.05, 0) is 0 Å². The molecule has 154 valence electrons. The molecule has 0 fully saturated rings. The topological polar surface area (TPSA) is 98.3 Å². The summed E-state index contributed by atoms with van der Waals surface area (Å²) in [5, 5.41) is 19.8. The quantitative estimate of drug-likeness (QED) is 0.576. The summed E-state index contributed by atoms with van der Waals surface area (Å²) < 4.78 is 41.2. The second-order valence-corrected chi connectivity index (χ2v) is 6.02. The van der Waals surface area contributed by atoms with Crippen LogP contribution in [0.1, 0.15) is 17.2 Å². The van der Waals surface area contributed by atoms with Crippen molar-refractivity contribution >= 4 is 5.97 Å². The number of aliphatic carboxylic acids is 1. The number of ether oxygens (including phenoxy) is 1. The highest BCUT2D eigenvalue weighted by molar-refractivity contribution is 5.73. The van der Waals surface area contributed by atoms with Gasteiger partial charge in [0.05, 0.1) is 19.3 Å². The van der Waals surface area contributed by atoms with Crippen LogP contribution in [-0.4, -0.2) is 59.8 Å². The summed E-state index contributed by atoms with van der Waals surface area (Å²) in [6.07, 6.45) is 0.616. The number of rotatable bonds is 6. The highest BCUT2D eigenvalue weighted by atomic mass is 19.4. The number of carbonyl (C=O) groups is 1. The van der Waals surface area contributed by atoms with Gasteiger partial charge in [0.2, 0.25) is 0 Å². The van der Waals surface area contributed by atoms with Crippen molar-refractivity contribution in [2.75, 3.05) is 13.2 Å². The Kier molecular flexibility index (Phi) is 7.29. The van der Waals surface area contributed by atoms with Crippen LogP contribution < -0.4 is 0 Å². The summed E-state index contributed by atoms with van der Waals surface area (Å²) in [7, 11) is 1.94. The molecule has 0 bridgehead atoms. The summed E-state index contributed by atoms with van der Waals surface area (Å²) in [5.74, 6) is -0.859. The van der Waals surface area contributed by atoms with E-state index in [-0.39, 0.29) is 0 Å². The van der Waals surface area contributed by atoms with Crippen LogP contribution in [-0.2, 0) is 42.8 Å². The fourth-order valence-corrected chi connectivity index (χ4v) is 2.55. The molecule has 1 aliphatic heterocycles. The second-order valence-electron chi connectivity index (χ2n) is 6.02. The van der Waals surface area contributed by atoms with E-state index in [9.17, 15) is 13.2 Å². The molecule has 9 nitrogen and oxygen atoms in total. The zero-order valence-electron chi connectivity index (χ0n) is 15.3. The minimum Gasteiger partial charge on any atom is -0.475 e. The maximum absolute atomic E-state index is 10.6. The number of nitrogens with zero attached hydrogens (tertiary/aromatic N) is 6. The van der Waals surface area contributed by atoms with Gasteiger partial charge in [0.25, 0.3) is 0 Å². The molecule has 3 heterocycles. The average Bonchev–Trinajstić information content (AvgIpc) is 3.21. The van der Waals surface area contributed by atoms with Gasteiger partial charge in [-0.15, -0.1) is 16.8 Å². The Bertz CT molecular complexity index is 802. The fourth-order valence-electron chi connectivity index (χ4n) is 2.55. The molecule has 0 amide bonds. The second kappa shape index (κ2) is 9.46. The smallest absolute Gasteiger partial charge is 0.475 e. The third-order valence-electron chi connectivity index (χ3n) is 3.78. The molecule has 2 aromatic heterocycles. The van der Waals surface area contributed by atoms with Crippen LogP contribution in [0.2, 0.25) is 0 Å². The molecule has 3 rings (SSSR count). The number of aryl methyl sites for hydroxylation is 1. The Balaban J connectivity index is 0.000000345. The molecule has 0 unspecified atom stereocenters. The number of hydrogen-bond acceptors (Lipinski definition) is 6. The van der Waals surface area contributed by atoms with Crippen molar-refractivity contribution in [3.05, 3.63) is 42.3 Å². The van der Waals surface area contributed by atoms with E-state index in [4.69, 9.17) is 14.6 Å². The third-order valence-corrected chi connectivity index (χ3v) is 3.78. The van der Waals surface area contributed by atoms with Crippen LogP contribution in [0.4, 0.5) is 13.2 Å². The summed E-state index contributed by atoms with van der Waals surface area (Å²) in [4.78, 5) is 11.3. The molecule has 1 N–H and O–H groups in total. The van der Waals surface area contributed by atoms with E-state index >= 15 is 0 Å². The highest BCUT2D eigenvalue weighted by Crippen LogP contribution is 2.15. The third kappa shape index (κ3) is 6.16. The molecular weight excluding hydrogens is 381 g/mol. The van der Waals surface area contributed by atoms with Gasteiger partial charge in [0.15, 0.2) is 5.82 Å². The molecule has 1 aliphatic rings. The summed E-state index contributed by atoms with van der Waals surface area (Å²) in [6.45, 7) is 8.24. The Hall–Kier alpha value is -2.73. The van der Waals surface area contributed by atoms with E-state index < -0.39 is 12.1 Å². The monoisotopic (exact) mass is 402 g/mol. The molecule has 12 heteroatoms. The van der Waals surface area contributed by atoms with Crippen molar-refractivity contribution in [2.24, 2.45) is 7.05 Å². The van der Waals surface area contributed by atoms with Gasteiger partial charge in [-0.2, -0.15) is 18.3 Å². The number of fused-ring (bicyclic) bond motifs is 1. The molecule has 0 aromatic carbocycles. The predicted molar refractivity (Wildman–Crippen MR) is 90.9 cm³/mol. The molecule has 2 aromatic rings. The Labute approximate surface area is 159 Å². The van der Waals surface area contributed by atoms with Crippen molar-refractivity contribution in [1.82, 2.24) is 29.4 Å². The average molecular weight is 402 g/mol. The van der Waals surface area contributed by atoms with Crippen molar-refractivity contribution in [1.29, 1.82) is 0 Å². The molecular formula is C16H21F3N6O3. The van der Waals surface area contributed by atoms with Crippen molar-refractivity contribution in [2.45, 2.75) is 32.4 Å². The van der Waals surface area contributed by atoms with Crippen LogP contribution >= 0.6 is 0 Å². The highest BCUT2D eigenvalue weighted by Gasteiger charge is 2.38. The van der Waals surface area contributed by atoms with Crippen molar-refractivity contribution in [3.63, 3.8) is 0 Å². The zero-order chi connectivity index (χ0) is 20.7. The standard InChI is InChI=1S/C14H20N6O.C2HF3O2/c1-3-6-21-11-14-17-16-13-10-19(4-5-20(13)14)9-12-7-15-18(2)8-12;3-2(4,5)1(6)7/h3,7-8H,1,4-6,9-11H2,2H3;(H,6,7). The predicted octanol–water partition coefficient (Wildman–Crippen LogP) is 1.36. The molecule has 0 saturated heterocycles. The van der Waals surface area contributed by atoms with Gasteiger partial charge in [-0.3, -0.25) is 9.58 Å². The van der Waals surface area contributed by atoms with E-state index in [0.29, 0.717) is 13.2 Å². The van der Waals surface area contributed by atoms with Crippen molar-refractivity contribution < 1.29 is 27.8 Å². The minimum atomic E-state index is -5.08. The molecule has 0 saturated carbocycles. The SMILES string of the molecule is C=CCOCc1nnc2n1CCN(Cc1cnn(C)c1)C2.O=C(O)C(F)(F)F. The molecule has 0 spiro atoms. The number of hydrogen-bond donors (Lipinski definition) is 1. The minimum absolute atomic E-state index is 0.488. The summed E-state index contributed by atoms with van der Waals surface area (Å²) >= 11 is 0.